The molecule has 5 heteroatoms. The maximum Gasteiger partial charge on any atom is 0.268 e. The Kier molecular flexibility index (Phi) is 4.68. The average Bonchev–Trinajstić information content (AvgIpc) is 2.49. The van der Waals surface area contributed by atoms with E-state index in [0.717, 1.165) is 0 Å². The van der Waals surface area contributed by atoms with Gasteiger partial charge in [0.05, 0.1) is 11.9 Å². The van der Waals surface area contributed by atoms with E-state index in [4.69, 9.17) is 4.18 Å². The van der Waals surface area contributed by atoms with Crippen molar-refractivity contribution >= 4 is 15.9 Å². The molecular weight excluding hydrogens is 228 g/mol. The summed E-state index contributed by atoms with van der Waals surface area (Å²) in [6, 6.07) is 0. The van der Waals surface area contributed by atoms with Gasteiger partial charge < -0.3 is 0 Å². The average molecular weight is 246 g/mol. The number of hydrogen-bond donors (Lipinski definition) is 0. The molecule has 0 spiro atoms. The van der Waals surface area contributed by atoms with Gasteiger partial charge in [0, 0.05) is 12.8 Å². The summed E-state index contributed by atoms with van der Waals surface area (Å²) in [5.41, 5.74) is 0. The molecule has 92 valence electrons. The van der Waals surface area contributed by atoms with E-state index >= 15 is 0 Å². The van der Waals surface area contributed by atoms with Crippen molar-refractivity contribution in [1.82, 2.24) is 0 Å². The van der Waals surface area contributed by atoms with Gasteiger partial charge in [-0.05, 0) is 26.2 Å². The largest absolute Gasteiger partial charge is 0.300 e. The normalized spacial score (nSPS) is 24.1. The van der Waals surface area contributed by atoms with Crippen LogP contribution in [-0.4, -0.2) is 26.1 Å². The van der Waals surface area contributed by atoms with E-state index in [9.17, 15) is 13.2 Å². The molecule has 1 fully saturated rings. The second-order valence-electron chi connectivity index (χ2n) is 4.20. The van der Waals surface area contributed by atoms with Gasteiger partial charge in [0.25, 0.3) is 10.1 Å². The molecule has 0 aromatic rings. The summed E-state index contributed by atoms with van der Waals surface area (Å²) in [7, 11) is -3.51. The first-order valence-corrected chi connectivity index (χ1v) is 7.06. The molecule has 0 aromatic carbocycles. The lowest BCUT2D eigenvalue weighted by molar-refractivity contribution is -0.117. The Balaban J connectivity index is 2.48. The molecule has 0 saturated heterocycles. The Labute approximate surface area is 96.8 Å². The highest BCUT2D eigenvalue weighted by Gasteiger charge is 2.28. The monoisotopic (exact) mass is 246 g/mol. The van der Waals surface area contributed by atoms with Crippen LogP contribution in [0, 0.1) is 5.92 Å². The maximum atomic E-state index is 11.6. The lowest BCUT2D eigenvalue weighted by Crippen LogP contribution is -2.20. The minimum atomic E-state index is -3.51. The number of carbonyl (C=O) groups is 1. The van der Waals surface area contributed by atoms with Gasteiger partial charge in [-0.2, -0.15) is 8.42 Å². The molecule has 0 N–H and O–H groups in total. The Bertz CT molecular complexity index is 369. The van der Waals surface area contributed by atoms with E-state index in [1.165, 1.54) is 0 Å². The summed E-state index contributed by atoms with van der Waals surface area (Å²) in [5.74, 6) is 0.0534. The number of ketones is 1. The number of Topliss-reactive ketones (excluding diaryl/α,β-unsaturated/α-hetero) is 1. The third-order valence-electron chi connectivity index (χ3n) is 2.55. The zero-order chi connectivity index (χ0) is 12.2. The van der Waals surface area contributed by atoms with Gasteiger partial charge in [-0.25, -0.2) is 0 Å². The molecule has 0 heterocycles. The summed E-state index contributed by atoms with van der Waals surface area (Å²) in [5, 5.41) is 0. The summed E-state index contributed by atoms with van der Waals surface area (Å²) in [6.45, 7) is 3.49. The number of allylic oxidation sites excluding steroid dienone is 1. The van der Waals surface area contributed by atoms with Gasteiger partial charge in [0.2, 0.25) is 0 Å². The van der Waals surface area contributed by atoms with Crippen LogP contribution in [-0.2, 0) is 19.1 Å². The molecule has 1 aliphatic rings. The van der Waals surface area contributed by atoms with Crippen LogP contribution in [0.25, 0.3) is 0 Å². The highest BCUT2D eigenvalue weighted by molar-refractivity contribution is 7.86. The van der Waals surface area contributed by atoms with Crippen molar-refractivity contribution in [2.75, 3.05) is 5.75 Å². The third-order valence-corrected chi connectivity index (χ3v) is 4.03. The first kappa shape index (κ1) is 13.4. The van der Waals surface area contributed by atoms with Crippen LogP contribution in [0.5, 0.6) is 0 Å². The smallest absolute Gasteiger partial charge is 0.268 e. The molecule has 0 amide bonds. The van der Waals surface area contributed by atoms with E-state index in [2.05, 4.69) is 0 Å². The fourth-order valence-corrected chi connectivity index (χ4v) is 3.36. The molecule has 2 atom stereocenters. The minimum absolute atomic E-state index is 0.0410. The predicted octanol–water partition coefficient (Wildman–Crippen LogP) is 1.67. The standard InChI is InChI=1S/C11H18O4S/c1-3-4-9(2)15-16(13,14)8-10-5-6-11(12)7-10/h3-4,9-10H,5-8H2,1-2H3/b4-3+. The molecule has 0 aromatic heterocycles. The molecular formula is C11H18O4S. The molecule has 4 nitrogen and oxygen atoms in total. The lowest BCUT2D eigenvalue weighted by Gasteiger charge is -2.12. The molecule has 0 bridgehead atoms. The summed E-state index contributed by atoms with van der Waals surface area (Å²) in [4.78, 5) is 11.0. The Hall–Kier alpha value is -0.680. The summed E-state index contributed by atoms with van der Waals surface area (Å²) in [6.07, 6.45) is 4.54. The van der Waals surface area contributed by atoms with Gasteiger partial charge in [0.15, 0.2) is 0 Å². The maximum absolute atomic E-state index is 11.6. The second-order valence-corrected chi connectivity index (χ2v) is 5.84. The van der Waals surface area contributed by atoms with Crippen molar-refractivity contribution < 1.29 is 17.4 Å². The van der Waals surface area contributed by atoms with E-state index in [1.807, 2.05) is 6.92 Å². The Morgan fingerprint density at radius 3 is 2.75 bits per heavy atom. The first-order valence-electron chi connectivity index (χ1n) is 5.48. The fraction of sp³-hybridized carbons (Fsp3) is 0.727. The van der Waals surface area contributed by atoms with Crippen molar-refractivity contribution in [1.29, 1.82) is 0 Å². The van der Waals surface area contributed by atoms with Crippen LogP contribution in [0.15, 0.2) is 12.2 Å². The SMILES string of the molecule is C/C=C/C(C)OS(=O)(=O)CC1CCC(=O)C1. The van der Waals surface area contributed by atoms with Gasteiger partial charge >= 0.3 is 0 Å². The van der Waals surface area contributed by atoms with Gasteiger partial charge in [-0.1, -0.05) is 12.2 Å². The van der Waals surface area contributed by atoms with Gasteiger partial charge in [-0.3, -0.25) is 8.98 Å². The van der Waals surface area contributed by atoms with Crippen LogP contribution < -0.4 is 0 Å². The topological polar surface area (TPSA) is 60.4 Å². The molecule has 1 saturated carbocycles. The zero-order valence-electron chi connectivity index (χ0n) is 9.68. The first-order chi connectivity index (χ1) is 7.43. The van der Waals surface area contributed by atoms with Crippen LogP contribution in [0.4, 0.5) is 0 Å². The minimum Gasteiger partial charge on any atom is -0.300 e. The van der Waals surface area contributed by atoms with Crippen LogP contribution in [0.1, 0.15) is 33.1 Å². The molecule has 1 rings (SSSR count). The van der Waals surface area contributed by atoms with Crippen molar-refractivity contribution in [2.24, 2.45) is 5.92 Å². The predicted molar refractivity (Wildman–Crippen MR) is 61.5 cm³/mol. The van der Waals surface area contributed by atoms with Crippen molar-refractivity contribution in [3.8, 4) is 0 Å². The zero-order valence-corrected chi connectivity index (χ0v) is 10.5. The van der Waals surface area contributed by atoms with Crippen LogP contribution in [0.3, 0.4) is 0 Å². The van der Waals surface area contributed by atoms with Crippen molar-refractivity contribution in [3.05, 3.63) is 12.2 Å². The third kappa shape index (κ3) is 4.45. The lowest BCUT2D eigenvalue weighted by atomic mass is 10.1. The highest BCUT2D eigenvalue weighted by atomic mass is 32.2. The number of carbonyl (C=O) groups excluding carboxylic acids is 1. The van der Waals surface area contributed by atoms with E-state index < -0.39 is 16.2 Å². The summed E-state index contributed by atoms with van der Waals surface area (Å²) < 4.78 is 28.2. The Morgan fingerprint density at radius 1 is 1.56 bits per heavy atom. The Morgan fingerprint density at radius 2 is 2.25 bits per heavy atom. The van der Waals surface area contributed by atoms with Crippen LogP contribution in [0.2, 0.25) is 0 Å². The number of rotatable bonds is 5. The highest BCUT2D eigenvalue weighted by Crippen LogP contribution is 2.24. The van der Waals surface area contributed by atoms with E-state index in [-0.39, 0.29) is 17.5 Å². The molecule has 0 aliphatic heterocycles. The molecule has 2 unspecified atom stereocenters. The number of hydrogen-bond acceptors (Lipinski definition) is 4. The summed E-state index contributed by atoms with van der Waals surface area (Å²) >= 11 is 0. The van der Waals surface area contributed by atoms with Crippen molar-refractivity contribution in [3.63, 3.8) is 0 Å². The second kappa shape index (κ2) is 5.59. The van der Waals surface area contributed by atoms with E-state index in [0.29, 0.717) is 19.3 Å². The van der Waals surface area contributed by atoms with E-state index in [1.54, 1.807) is 19.1 Å². The fourth-order valence-electron chi connectivity index (χ4n) is 1.90. The van der Waals surface area contributed by atoms with Crippen LogP contribution >= 0.6 is 0 Å². The molecule has 0 radical (unpaired) electrons. The molecule has 16 heavy (non-hydrogen) atoms. The van der Waals surface area contributed by atoms with Gasteiger partial charge in [-0.15, -0.1) is 0 Å². The quantitative estimate of drug-likeness (QED) is 0.547. The van der Waals surface area contributed by atoms with Crippen molar-refractivity contribution in [2.45, 2.75) is 39.2 Å². The van der Waals surface area contributed by atoms with Gasteiger partial charge in [0.1, 0.15) is 5.78 Å². The molecule has 1 aliphatic carbocycles.